The first-order valence-electron chi connectivity index (χ1n) is 9.89. The number of anilines is 3. The second-order valence-corrected chi connectivity index (χ2v) is 7.50. The number of aromatic nitrogens is 1. The first-order chi connectivity index (χ1) is 15.3. The van der Waals surface area contributed by atoms with E-state index >= 15 is 0 Å². The Hall–Kier alpha value is -4.33. The van der Waals surface area contributed by atoms with Crippen molar-refractivity contribution in [3.05, 3.63) is 78.2 Å². The normalized spacial score (nSPS) is 10.7. The number of carbonyl (C=O) groups is 2. The SMILES string of the molecule is CN(C)c1ccc(NC(=O)Nc2ccc(-c3c(C(N)=O)[nH]c4ccccc34)cc2)c(F)c1. The lowest BCUT2D eigenvalue weighted by molar-refractivity contribution is 0.0997. The van der Waals surface area contributed by atoms with E-state index in [0.29, 0.717) is 22.6 Å². The highest BCUT2D eigenvalue weighted by Crippen LogP contribution is 2.33. The zero-order chi connectivity index (χ0) is 22.8. The van der Waals surface area contributed by atoms with Gasteiger partial charge in [-0.2, -0.15) is 0 Å². The van der Waals surface area contributed by atoms with Crippen molar-refractivity contribution in [2.45, 2.75) is 0 Å². The van der Waals surface area contributed by atoms with Crippen molar-refractivity contribution in [3.63, 3.8) is 0 Å². The van der Waals surface area contributed by atoms with Crippen LogP contribution in [0.25, 0.3) is 22.0 Å². The number of fused-ring (bicyclic) bond motifs is 1. The third kappa shape index (κ3) is 4.11. The fraction of sp³-hybridized carbons (Fsp3) is 0.0833. The van der Waals surface area contributed by atoms with Crippen LogP contribution in [0.3, 0.4) is 0 Å². The summed E-state index contributed by atoms with van der Waals surface area (Å²) in [5.41, 5.74) is 9.43. The summed E-state index contributed by atoms with van der Waals surface area (Å²) in [5.74, 6) is -1.08. The average Bonchev–Trinajstić information content (AvgIpc) is 3.15. The summed E-state index contributed by atoms with van der Waals surface area (Å²) in [5, 5.41) is 6.05. The number of hydrogen-bond acceptors (Lipinski definition) is 3. The molecule has 0 radical (unpaired) electrons. The van der Waals surface area contributed by atoms with Gasteiger partial charge in [0, 0.05) is 41.9 Å². The summed E-state index contributed by atoms with van der Waals surface area (Å²) in [6.45, 7) is 0. The molecule has 0 aliphatic carbocycles. The summed E-state index contributed by atoms with van der Waals surface area (Å²) < 4.78 is 14.2. The van der Waals surface area contributed by atoms with Gasteiger partial charge in [-0.3, -0.25) is 4.79 Å². The van der Waals surface area contributed by atoms with Gasteiger partial charge in [-0.1, -0.05) is 30.3 Å². The highest BCUT2D eigenvalue weighted by molar-refractivity contribution is 6.09. The van der Waals surface area contributed by atoms with Crippen molar-refractivity contribution >= 4 is 39.9 Å². The van der Waals surface area contributed by atoms with Crippen molar-refractivity contribution < 1.29 is 14.0 Å². The van der Waals surface area contributed by atoms with Crippen LogP contribution in [0.4, 0.5) is 26.2 Å². The number of urea groups is 1. The molecule has 32 heavy (non-hydrogen) atoms. The van der Waals surface area contributed by atoms with Crippen LogP contribution in [0.1, 0.15) is 10.5 Å². The minimum atomic E-state index is -0.570. The molecule has 0 aliphatic rings. The third-order valence-corrected chi connectivity index (χ3v) is 5.10. The van der Waals surface area contributed by atoms with E-state index in [1.54, 1.807) is 49.3 Å². The third-order valence-electron chi connectivity index (χ3n) is 5.10. The molecule has 0 bridgehead atoms. The number of H-pyrrole nitrogens is 1. The Morgan fingerprint density at radius 2 is 1.69 bits per heavy atom. The van der Waals surface area contributed by atoms with Crippen molar-refractivity contribution in [2.75, 3.05) is 29.6 Å². The number of nitrogens with zero attached hydrogens (tertiary/aromatic N) is 1. The highest BCUT2D eigenvalue weighted by Gasteiger charge is 2.17. The minimum Gasteiger partial charge on any atom is -0.378 e. The van der Waals surface area contributed by atoms with Gasteiger partial charge in [0.2, 0.25) is 0 Å². The van der Waals surface area contributed by atoms with Crippen molar-refractivity contribution in [2.24, 2.45) is 5.73 Å². The topological polar surface area (TPSA) is 103 Å². The fourth-order valence-corrected chi connectivity index (χ4v) is 3.52. The van der Waals surface area contributed by atoms with Gasteiger partial charge in [0.25, 0.3) is 5.91 Å². The maximum absolute atomic E-state index is 14.2. The molecule has 8 heteroatoms. The molecule has 4 rings (SSSR count). The van der Waals surface area contributed by atoms with E-state index in [0.717, 1.165) is 16.5 Å². The van der Waals surface area contributed by atoms with Crippen LogP contribution in [0.15, 0.2) is 66.7 Å². The average molecular weight is 431 g/mol. The van der Waals surface area contributed by atoms with Crippen LogP contribution in [-0.2, 0) is 0 Å². The molecular weight excluding hydrogens is 409 g/mol. The summed E-state index contributed by atoms with van der Waals surface area (Å²) in [6, 6.07) is 18.5. The van der Waals surface area contributed by atoms with Crippen LogP contribution < -0.4 is 21.3 Å². The molecule has 1 aromatic heterocycles. The molecule has 0 saturated carbocycles. The zero-order valence-corrected chi connectivity index (χ0v) is 17.6. The van der Waals surface area contributed by atoms with Gasteiger partial charge in [0.1, 0.15) is 11.5 Å². The molecule has 162 valence electrons. The number of halogens is 1. The number of aromatic amines is 1. The summed E-state index contributed by atoms with van der Waals surface area (Å²) in [7, 11) is 3.61. The van der Waals surface area contributed by atoms with E-state index in [1.807, 2.05) is 24.3 Å². The lowest BCUT2D eigenvalue weighted by atomic mass is 10.0. The number of primary amides is 1. The number of nitrogens with two attached hydrogens (primary N) is 1. The van der Waals surface area contributed by atoms with Gasteiger partial charge in [-0.15, -0.1) is 0 Å². The molecule has 0 atom stereocenters. The van der Waals surface area contributed by atoms with Crippen LogP contribution >= 0.6 is 0 Å². The lowest BCUT2D eigenvalue weighted by Gasteiger charge is -2.14. The van der Waals surface area contributed by atoms with E-state index in [2.05, 4.69) is 15.6 Å². The number of carbonyl (C=O) groups excluding carboxylic acids is 2. The first-order valence-corrected chi connectivity index (χ1v) is 9.89. The predicted octanol–water partition coefficient (Wildman–Crippen LogP) is 4.78. The molecule has 0 fully saturated rings. The first kappa shape index (κ1) is 20.9. The van der Waals surface area contributed by atoms with Gasteiger partial charge >= 0.3 is 6.03 Å². The Morgan fingerprint density at radius 3 is 2.34 bits per heavy atom. The molecule has 7 nitrogen and oxygen atoms in total. The maximum Gasteiger partial charge on any atom is 0.323 e. The van der Waals surface area contributed by atoms with E-state index in [9.17, 15) is 14.0 Å². The number of hydrogen-bond donors (Lipinski definition) is 4. The largest absolute Gasteiger partial charge is 0.378 e. The number of amides is 3. The van der Waals surface area contributed by atoms with E-state index in [-0.39, 0.29) is 5.69 Å². The summed E-state index contributed by atoms with van der Waals surface area (Å²) in [6.07, 6.45) is 0. The Balaban J connectivity index is 1.53. The Labute approximate surface area is 184 Å². The van der Waals surface area contributed by atoms with Gasteiger partial charge in [-0.25, -0.2) is 9.18 Å². The fourth-order valence-electron chi connectivity index (χ4n) is 3.52. The van der Waals surface area contributed by atoms with Gasteiger partial charge in [0.15, 0.2) is 0 Å². The van der Waals surface area contributed by atoms with Crippen LogP contribution in [-0.4, -0.2) is 31.0 Å². The standard InChI is InChI=1S/C24H22FN5O2/c1-30(2)16-11-12-20(18(25)13-16)29-24(32)27-15-9-7-14(8-10-15)21-17-5-3-4-6-19(17)28-22(21)23(26)31/h3-13,28H,1-2H3,(H2,26,31)(H2,27,29,32). The van der Waals surface area contributed by atoms with Crippen LogP contribution in [0, 0.1) is 5.82 Å². The van der Waals surface area contributed by atoms with Crippen molar-refractivity contribution in [3.8, 4) is 11.1 Å². The molecule has 3 amide bonds. The second-order valence-electron chi connectivity index (χ2n) is 7.50. The van der Waals surface area contributed by atoms with Crippen LogP contribution in [0.5, 0.6) is 0 Å². The highest BCUT2D eigenvalue weighted by atomic mass is 19.1. The summed E-state index contributed by atoms with van der Waals surface area (Å²) in [4.78, 5) is 29.1. The molecule has 1 heterocycles. The van der Waals surface area contributed by atoms with Crippen molar-refractivity contribution in [1.29, 1.82) is 0 Å². The van der Waals surface area contributed by atoms with E-state index in [1.165, 1.54) is 12.1 Å². The van der Waals surface area contributed by atoms with Gasteiger partial charge in [0.05, 0.1) is 5.69 Å². The maximum atomic E-state index is 14.2. The smallest absolute Gasteiger partial charge is 0.323 e. The van der Waals surface area contributed by atoms with Gasteiger partial charge in [-0.05, 0) is 42.0 Å². The zero-order valence-electron chi connectivity index (χ0n) is 17.6. The Morgan fingerprint density at radius 1 is 0.969 bits per heavy atom. The molecule has 0 aliphatic heterocycles. The number of nitrogens with one attached hydrogen (secondary N) is 3. The van der Waals surface area contributed by atoms with Crippen LogP contribution in [0.2, 0.25) is 0 Å². The predicted molar refractivity (Wildman–Crippen MR) is 126 cm³/mol. The molecular formula is C24H22FN5O2. The molecule has 4 aromatic rings. The number of benzene rings is 3. The number of rotatable bonds is 5. The monoisotopic (exact) mass is 431 g/mol. The number of para-hydroxylation sites is 1. The molecule has 0 spiro atoms. The van der Waals surface area contributed by atoms with Crippen molar-refractivity contribution in [1.82, 2.24) is 4.98 Å². The van der Waals surface area contributed by atoms with E-state index in [4.69, 9.17) is 5.73 Å². The van der Waals surface area contributed by atoms with Gasteiger partial charge < -0.3 is 26.3 Å². The molecule has 0 saturated heterocycles. The minimum absolute atomic E-state index is 0.0783. The molecule has 3 aromatic carbocycles. The molecule has 0 unspecified atom stereocenters. The Bertz CT molecular complexity index is 1310. The molecule has 5 N–H and O–H groups in total. The lowest BCUT2D eigenvalue weighted by Crippen LogP contribution is -2.20. The summed E-state index contributed by atoms with van der Waals surface area (Å²) >= 11 is 0. The second kappa shape index (κ2) is 8.43. The van der Waals surface area contributed by atoms with E-state index < -0.39 is 17.8 Å². The Kier molecular flexibility index (Phi) is 5.51. The quantitative estimate of drug-likeness (QED) is 0.365.